The smallest absolute Gasteiger partial charge is 0.432 e. The van der Waals surface area contributed by atoms with Gasteiger partial charge >= 0.3 is 6.16 Å². The van der Waals surface area contributed by atoms with Crippen LogP contribution >= 0.6 is 0 Å². The van der Waals surface area contributed by atoms with E-state index in [-0.39, 0.29) is 18.9 Å². The number of allylic oxidation sites excluding steroid dienone is 2. The van der Waals surface area contributed by atoms with Gasteiger partial charge in [0, 0.05) is 0 Å². The molecular formula is C16H24N4O4. The number of hydrazone groups is 1. The maximum Gasteiger partial charge on any atom is 0.508 e. The van der Waals surface area contributed by atoms with Gasteiger partial charge in [-0.3, -0.25) is 0 Å². The van der Waals surface area contributed by atoms with Crippen molar-refractivity contribution < 1.29 is 19.0 Å². The van der Waals surface area contributed by atoms with Gasteiger partial charge in [-0.1, -0.05) is 12.7 Å². The highest BCUT2D eigenvalue weighted by molar-refractivity contribution is 6.01. The lowest BCUT2D eigenvalue weighted by Crippen LogP contribution is -2.38. The highest BCUT2D eigenvalue weighted by Crippen LogP contribution is 2.27. The van der Waals surface area contributed by atoms with Gasteiger partial charge < -0.3 is 19.9 Å². The van der Waals surface area contributed by atoms with E-state index in [0.717, 1.165) is 12.8 Å². The van der Waals surface area contributed by atoms with E-state index in [4.69, 9.17) is 19.9 Å². The number of rotatable bonds is 4. The van der Waals surface area contributed by atoms with Crippen molar-refractivity contribution in [1.29, 1.82) is 0 Å². The fourth-order valence-electron chi connectivity index (χ4n) is 2.32. The number of hydrogen-bond donors (Lipinski definition) is 1. The first-order chi connectivity index (χ1) is 11.3. The average Bonchev–Trinajstić information content (AvgIpc) is 2.94. The Balaban J connectivity index is 1.88. The molecule has 2 aliphatic rings. The second-order valence-electron chi connectivity index (χ2n) is 6.44. The van der Waals surface area contributed by atoms with E-state index in [1.165, 1.54) is 6.34 Å². The van der Waals surface area contributed by atoms with Gasteiger partial charge in [-0.2, -0.15) is 5.10 Å². The van der Waals surface area contributed by atoms with Crippen LogP contribution in [0.3, 0.4) is 0 Å². The summed E-state index contributed by atoms with van der Waals surface area (Å²) >= 11 is 0. The molecule has 2 unspecified atom stereocenters. The monoisotopic (exact) mass is 336 g/mol. The molecular weight excluding hydrogens is 312 g/mol. The molecule has 0 aromatic heterocycles. The molecule has 2 aliphatic heterocycles. The molecule has 24 heavy (non-hydrogen) atoms. The molecule has 0 aromatic carbocycles. The standard InChI is InChI=1S/C16H24N4O4/c1-5-6-12-14(17)18-10-19-20(12)13-8-7-11(23-13)9-22-15(21)24-16(2,3)4/h5-6,10-11,13H,1,7-9H2,2-4H3,(H2,17,18,19)/b12-6-. The highest BCUT2D eigenvalue weighted by atomic mass is 16.7. The highest BCUT2D eigenvalue weighted by Gasteiger charge is 2.34. The van der Waals surface area contributed by atoms with Gasteiger partial charge in [0.1, 0.15) is 24.2 Å². The molecule has 0 bridgehead atoms. The number of amidine groups is 1. The van der Waals surface area contributed by atoms with E-state index in [1.54, 1.807) is 37.9 Å². The third-order valence-corrected chi connectivity index (χ3v) is 3.29. The van der Waals surface area contributed by atoms with Gasteiger partial charge in [0.15, 0.2) is 12.1 Å². The number of aliphatic imine (C=N–C) groups is 1. The van der Waals surface area contributed by atoms with Crippen molar-refractivity contribution in [2.75, 3.05) is 6.61 Å². The quantitative estimate of drug-likeness (QED) is 0.790. The Kier molecular flexibility index (Phi) is 5.61. The van der Waals surface area contributed by atoms with Crippen LogP contribution in [0, 0.1) is 0 Å². The van der Waals surface area contributed by atoms with Gasteiger partial charge in [0.25, 0.3) is 0 Å². The van der Waals surface area contributed by atoms with Crippen LogP contribution < -0.4 is 5.73 Å². The van der Waals surface area contributed by atoms with E-state index >= 15 is 0 Å². The number of nitrogens with zero attached hydrogens (tertiary/aromatic N) is 3. The predicted octanol–water partition coefficient (Wildman–Crippen LogP) is 2.13. The number of carbonyl (C=O) groups is 1. The number of hydrogen-bond acceptors (Lipinski definition) is 8. The van der Waals surface area contributed by atoms with Crippen LogP contribution in [0.25, 0.3) is 0 Å². The Morgan fingerprint density at radius 1 is 1.54 bits per heavy atom. The molecule has 0 spiro atoms. The predicted molar refractivity (Wildman–Crippen MR) is 90.3 cm³/mol. The maximum atomic E-state index is 11.6. The lowest BCUT2D eigenvalue weighted by Gasteiger charge is -2.29. The molecule has 2 atom stereocenters. The lowest BCUT2D eigenvalue weighted by atomic mass is 10.2. The molecule has 0 aromatic rings. The zero-order chi connectivity index (χ0) is 17.7. The zero-order valence-corrected chi connectivity index (χ0v) is 14.3. The van der Waals surface area contributed by atoms with Crippen LogP contribution in [-0.2, 0) is 14.2 Å². The third kappa shape index (κ3) is 4.82. The van der Waals surface area contributed by atoms with Crippen LogP contribution in [0.5, 0.6) is 0 Å². The minimum atomic E-state index is -0.700. The average molecular weight is 336 g/mol. The summed E-state index contributed by atoms with van der Waals surface area (Å²) in [6, 6.07) is 0. The summed E-state index contributed by atoms with van der Waals surface area (Å²) in [4.78, 5) is 15.6. The summed E-state index contributed by atoms with van der Waals surface area (Å²) in [5.41, 5.74) is 5.92. The fraction of sp³-hybridized carbons (Fsp3) is 0.562. The van der Waals surface area contributed by atoms with Crippen LogP contribution in [0.15, 0.2) is 34.5 Å². The summed E-state index contributed by atoms with van der Waals surface area (Å²) in [6.07, 6.45) is 4.96. The molecule has 2 heterocycles. The largest absolute Gasteiger partial charge is 0.508 e. The molecule has 2 rings (SSSR count). The minimum absolute atomic E-state index is 0.132. The molecule has 1 fully saturated rings. The number of nitrogens with two attached hydrogens (primary N) is 1. The Morgan fingerprint density at radius 2 is 2.29 bits per heavy atom. The summed E-state index contributed by atoms with van der Waals surface area (Å²) in [7, 11) is 0. The molecule has 132 valence electrons. The summed E-state index contributed by atoms with van der Waals surface area (Å²) in [5, 5.41) is 5.87. The van der Waals surface area contributed by atoms with E-state index in [0.29, 0.717) is 11.5 Å². The second-order valence-corrected chi connectivity index (χ2v) is 6.44. The first-order valence-electron chi connectivity index (χ1n) is 7.79. The Hall–Kier alpha value is -2.35. The van der Waals surface area contributed by atoms with Crippen molar-refractivity contribution in [1.82, 2.24) is 5.01 Å². The molecule has 0 radical (unpaired) electrons. The minimum Gasteiger partial charge on any atom is -0.432 e. The number of ether oxygens (including phenoxy) is 3. The topological polar surface area (TPSA) is 98.7 Å². The maximum absolute atomic E-state index is 11.6. The van der Waals surface area contributed by atoms with Gasteiger partial charge in [-0.15, -0.1) is 0 Å². The van der Waals surface area contributed by atoms with Crippen LogP contribution in [0.1, 0.15) is 33.6 Å². The van der Waals surface area contributed by atoms with Crippen LogP contribution in [0.4, 0.5) is 4.79 Å². The van der Waals surface area contributed by atoms with Crippen molar-refractivity contribution in [3.63, 3.8) is 0 Å². The molecule has 0 saturated carbocycles. The third-order valence-electron chi connectivity index (χ3n) is 3.29. The summed E-state index contributed by atoms with van der Waals surface area (Å²) in [6.45, 7) is 9.14. The van der Waals surface area contributed by atoms with Gasteiger partial charge in [0.2, 0.25) is 0 Å². The van der Waals surface area contributed by atoms with E-state index in [2.05, 4.69) is 16.7 Å². The Morgan fingerprint density at radius 3 is 2.96 bits per heavy atom. The van der Waals surface area contributed by atoms with Gasteiger partial charge in [0.05, 0.1) is 6.10 Å². The normalized spacial score (nSPS) is 25.5. The first kappa shape index (κ1) is 18.0. The molecule has 8 nitrogen and oxygen atoms in total. The van der Waals surface area contributed by atoms with Crippen molar-refractivity contribution in [3.05, 3.63) is 24.4 Å². The molecule has 0 amide bonds. The van der Waals surface area contributed by atoms with E-state index in [1.807, 2.05) is 0 Å². The first-order valence-corrected chi connectivity index (χ1v) is 7.79. The van der Waals surface area contributed by atoms with Crippen molar-refractivity contribution in [2.24, 2.45) is 15.8 Å². The SMILES string of the molecule is C=C/C=C1/C(N)=NC=NN1C1CCC(COC(=O)OC(C)(C)C)O1. The van der Waals surface area contributed by atoms with Gasteiger partial charge in [-0.25, -0.2) is 14.8 Å². The fourth-order valence-corrected chi connectivity index (χ4v) is 2.32. The number of carbonyl (C=O) groups excluding carboxylic acids is 1. The van der Waals surface area contributed by atoms with Crippen molar-refractivity contribution >= 4 is 18.3 Å². The van der Waals surface area contributed by atoms with E-state index in [9.17, 15) is 4.79 Å². The van der Waals surface area contributed by atoms with Gasteiger partial charge in [-0.05, 0) is 39.7 Å². The van der Waals surface area contributed by atoms with Crippen molar-refractivity contribution in [3.8, 4) is 0 Å². The Labute approximate surface area is 141 Å². The molecule has 0 aliphatic carbocycles. The summed E-state index contributed by atoms with van der Waals surface area (Å²) < 4.78 is 16.1. The molecule has 1 saturated heterocycles. The zero-order valence-electron chi connectivity index (χ0n) is 14.3. The molecule has 2 N–H and O–H groups in total. The Bertz CT molecular complexity index is 577. The summed E-state index contributed by atoms with van der Waals surface area (Å²) in [5.74, 6) is 0.349. The van der Waals surface area contributed by atoms with Crippen LogP contribution in [0.2, 0.25) is 0 Å². The molecule has 8 heteroatoms. The van der Waals surface area contributed by atoms with Crippen molar-refractivity contribution in [2.45, 2.75) is 51.5 Å². The van der Waals surface area contributed by atoms with Crippen LogP contribution in [-0.4, -0.2) is 47.9 Å². The van der Waals surface area contributed by atoms with E-state index < -0.39 is 11.8 Å². The second kappa shape index (κ2) is 7.48. The lowest BCUT2D eigenvalue weighted by molar-refractivity contribution is -0.0696.